The van der Waals surface area contributed by atoms with Gasteiger partial charge in [-0.2, -0.15) is 0 Å². The fourth-order valence-corrected chi connectivity index (χ4v) is 4.03. The molecule has 1 aliphatic heterocycles. The lowest BCUT2D eigenvalue weighted by Crippen LogP contribution is -2.48. The summed E-state index contributed by atoms with van der Waals surface area (Å²) in [6, 6.07) is 0.292. The Bertz CT molecular complexity index is 455. The molecule has 0 bridgehead atoms. The number of likely N-dealkylation sites (tertiary alicyclic amines) is 1. The maximum atomic E-state index is 12.5. The van der Waals surface area contributed by atoms with E-state index < -0.39 is 5.60 Å². The van der Waals surface area contributed by atoms with Gasteiger partial charge in [0.05, 0.1) is 6.04 Å². The average molecular weight is 339 g/mol. The van der Waals surface area contributed by atoms with Crippen LogP contribution in [0.15, 0.2) is 0 Å². The smallest absolute Gasteiger partial charge is 0.410 e. The number of hydrogen-bond acceptors (Lipinski definition) is 4. The van der Waals surface area contributed by atoms with Crippen molar-refractivity contribution >= 4 is 12.0 Å². The van der Waals surface area contributed by atoms with Crippen molar-refractivity contribution in [3.05, 3.63) is 0 Å². The Balaban J connectivity index is 2.10. The normalized spacial score (nSPS) is 25.6. The predicted molar refractivity (Wildman–Crippen MR) is 93.6 cm³/mol. The summed E-state index contributed by atoms with van der Waals surface area (Å²) in [5.74, 6) is 0.105. The topological polar surface area (TPSA) is 75.9 Å². The lowest BCUT2D eigenvalue weighted by Gasteiger charge is -2.38. The van der Waals surface area contributed by atoms with Crippen LogP contribution in [0.3, 0.4) is 0 Å². The fourth-order valence-electron chi connectivity index (χ4n) is 4.03. The molecule has 2 amide bonds. The summed E-state index contributed by atoms with van der Waals surface area (Å²) in [5, 5.41) is 0. The van der Waals surface area contributed by atoms with Gasteiger partial charge >= 0.3 is 6.09 Å². The minimum absolute atomic E-state index is 0.0478. The summed E-state index contributed by atoms with van der Waals surface area (Å²) in [6.07, 6.45) is 6.15. The van der Waals surface area contributed by atoms with Gasteiger partial charge in [-0.3, -0.25) is 4.79 Å². The highest BCUT2D eigenvalue weighted by Gasteiger charge is 2.42. The molecule has 2 atom stereocenters. The second-order valence-electron chi connectivity index (χ2n) is 8.13. The summed E-state index contributed by atoms with van der Waals surface area (Å²) in [7, 11) is 0. The molecule has 24 heavy (non-hydrogen) atoms. The van der Waals surface area contributed by atoms with Crippen molar-refractivity contribution in [3.8, 4) is 0 Å². The van der Waals surface area contributed by atoms with Gasteiger partial charge in [0.25, 0.3) is 0 Å². The molecule has 138 valence electrons. The van der Waals surface area contributed by atoms with Crippen LogP contribution in [0.25, 0.3) is 0 Å². The first kappa shape index (κ1) is 19.0. The molecular formula is C18H33N3O3. The molecule has 1 aliphatic carbocycles. The standard InChI is InChI=1S/C18H33N3O3/c1-13(22)21(14-8-6-5-7-9-14)16-10-15(11-19)20(12-16)17(23)24-18(2,3)4/h14-16H,5-12,19H2,1-4H3/t15-,16+/m1/s1. The molecule has 0 aromatic heterocycles. The first-order chi connectivity index (χ1) is 11.2. The van der Waals surface area contributed by atoms with E-state index in [0.717, 1.165) is 19.3 Å². The number of carbonyl (C=O) groups excluding carboxylic acids is 2. The van der Waals surface area contributed by atoms with Gasteiger partial charge in [0.1, 0.15) is 5.60 Å². The molecule has 0 spiro atoms. The molecule has 1 heterocycles. The Hall–Kier alpha value is -1.30. The highest BCUT2D eigenvalue weighted by atomic mass is 16.6. The van der Waals surface area contributed by atoms with E-state index in [2.05, 4.69) is 0 Å². The Morgan fingerprint density at radius 1 is 1.17 bits per heavy atom. The Kier molecular flexibility index (Phi) is 6.12. The zero-order valence-corrected chi connectivity index (χ0v) is 15.6. The maximum absolute atomic E-state index is 12.5. The number of rotatable bonds is 3. The average Bonchev–Trinajstić information content (AvgIpc) is 2.90. The van der Waals surface area contributed by atoms with Crippen molar-refractivity contribution in [1.82, 2.24) is 9.80 Å². The summed E-state index contributed by atoms with van der Waals surface area (Å²) in [4.78, 5) is 28.5. The van der Waals surface area contributed by atoms with Gasteiger partial charge < -0.3 is 20.3 Å². The van der Waals surface area contributed by atoms with E-state index in [-0.39, 0.29) is 24.1 Å². The van der Waals surface area contributed by atoms with Gasteiger partial charge in [-0.15, -0.1) is 0 Å². The van der Waals surface area contributed by atoms with Gasteiger partial charge in [-0.1, -0.05) is 19.3 Å². The van der Waals surface area contributed by atoms with Crippen LogP contribution >= 0.6 is 0 Å². The fraction of sp³-hybridized carbons (Fsp3) is 0.889. The van der Waals surface area contributed by atoms with Crippen molar-refractivity contribution in [3.63, 3.8) is 0 Å². The molecule has 1 saturated carbocycles. The third-order valence-corrected chi connectivity index (χ3v) is 5.02. The zero-order chi connectivity index (χ0) is 17.9. The van der Waals surface area contributed by atoms with E-state index in [1.807, 2.05) is 25.7 Å². The molecule has 6 heteroatoms. The van der Waals surface area contributed by atoms with E-state index in [4.69, 9.17) is 10.5 Å². The van der Waals surface area contributed by atoms with Gasteiger partial charge in [0.15, 0.2) is 0 Å². The monoisotopic (exact) mass is 339 g/mol. The van der Waals surface area contributed by atoms with E-state index in [1.54, 1.807) is 11.8 Å². The van der Waals surface area contributed by atoms with Crippen molar-refractivity contribution in [2.24, 2.45) is 5.73 Å². The van der Waals surface area contributed by atoms with E-state index in [1.165, 1.54) is 19.3 Å². The summed E-state index contributed by atoms with van der Waals surface area (Å²) < 4.78 is 5.52. The highest BCUT2D eigenvalue weighted by Crippen LogP contribution is 2.30. The Labute approximate surface area is 145 Å². The van der Waals surface area contributed by atoms with Gasteiger partial charge in [-0.25, -0.2) is 4.79 Å². The molecule has 2 N–H and O–H groups in total. The van der Waals surface area contributed by atoms with Crippen LogP contribution in [0, 0.1) is 0 Å². The molecule has 0 radical (unpaired) electrons. The first-order valence-electron chi connectivity index (χ1n) is 9.21. The molecule has 2 fully saturated rings. The summed E-state index contributed by atoms with van der Waals surface area (Å²) in [5.41, 5.74) is 5.36. The third-order valence-electron chi connectivity index (χ3n) is 5.02. The number of nitrogens with zero attached hydrogens (tertiary/aromatic N) is 2. The Morgan fingerprint density at radius 2 is 1.79 bits per heavy atom. The molecule has 6 nitrogen and oxygen atoms in total. The number of ether oxygens (including phenoxy) is 1. The summed E-state index contributed by atoms with van der Waals surface area (Å²) in [6.45, 7) is 8.14. The predicted octanol–water partition coefficient (Wildman–Crippen LogP) is 2.50. The van der Waals surface area contributed by atoms with Crippen LogP contribution in [0.1, 0.15) is 66.2 Å². The number of carbonyl (C=O) groups is 2. The van der Waals surface area contributed by atoms with E-state index in [9.17, 15) is 9.59 Å². The van der Waals surface area contributed by atoms with Crippen molar-refractivity contribution in [2.45, 2.75) is 89.9 Å². The number of amides is 2. The molecular weight excluding hydrogens is 306 g/mol. The minimum Gasteiger partial charge on any atom is -0.444 e. The molecule has 0 unspecified atom stereocenters. The molecule has 0 aromatic rings. The Morgan fingerprint density at radius 3 is 2.29 bits per heavy atom. The molecule has 2 aliphatic rings. The van der Waals surface area contributed by atoms with Crippen LogP contribution in [0.5, 0.6) is 0 Å². The first-order valence-corrected chi connectivity index (χ1v) is 9.21. The summed E-state index contributed by atoms with van der Waals surface area (Å²) >= 11 is 0. The van der Waals surface area contributed by atoms with Crippen LogP contribution in [-0.2, 0) is 9.53 Å². The quantitative estimate of drug-likeness (QED) is 0.857. The van der Waals surface area contributed by atoms with Crippen LogP contribution in [0.4, 0.5) is 4.79 Å². The second kappa shape index (κ2) is 7.72. The van der Waals surface area contributed by atoms with Crippen LogP contribution in [0.2, 0.25) is 0 Å². The van der Waals surface area contributed by atoms with Gasteiger partial charge in [0, 0.05) is 32.1 Å². The maximum Gasteiger partial charge on any atom is 0.410 e. The van der Waals surface area contributed by atoms with Crippen LogP contribution < -0.4 is 5.73 Å². The zero-order valence-electron chi connectivity index (χ0n) is 15.6. The largest absolute Gasteiger partial charge is 0.444 e. The van der Waals surface area contributed by atoms with Gasteiger partial charge in [0.2, 0.25) is 5.91 Å². The van der Waals surface area contributed by atoms with E-state index in [0.29, 0.717) is 19.1 Å². The minimum atomic E-state index is -0.530. The lowest BCUT2D eigenvalue weighted by atomic mass is 9.92. The highest BCUT2D eigenvalue weighted by molar-refractivity contribution is 5.75. The number of hydrogen-bond donors (Lipinski definition) is 1. The SMILES string of the molecule is CC(=O)N(C1CCCCC1)[C@H]1C[C@H](CN)N(C(=O)OC(C)(C)C)C1. The molecule has 2 rings (SSSR count). The van der Waals surface area contributed by atoms with Crippen LogP contribution in [-0.4, -0.2) is 58.6 Å². The van der Waals surface area contributed by atoms with E-state index >= 15 is 0 Å². The number of nitrogens with two attached hydrogens (primary N) is 1. The van der Waals surface area contributed by atoms with Crippen molar-refractivity contribution in [1.29, 1.82) is 0 Å². The van der Waals surface area contributed by atoms with Crippen molar-refractivity contribution < 1.29 is 14.3 Å². The molecule has 1 saturated heterocycles. The lowest BCUT2D eigenvalue weighted by molar-refractivity contribution is -0.134. The van der Waals surface area contributed by atoms with Crippen molar-refractivity contribution in [2.75, 3.05) is 13.1 Å². The van der Waals surface area contributed by atoms with Gasteiger partial charge in [-0.05, 0) is 40.0 Å². The second-order valence-corrected chi connectivity index (χ2v) is 8.13. The molecule has 0 aromatic carbocycles. The third kappa shape index (κ3) is 4.62.